The Hall–Kier alpha value is -2.73. The van der Waals surface area contributed by atoms with Gasteiger partial charge in [0, 0.05) is 24.4 Å². The number of nitrogens with zero attached hydrogens (tertiary/aromatic N) is 2. The summed E-state index contributed by atoms with van der Waals surface area (Å²) >= 11 is 1.37. The molecule has 0 unspecified atom stereocenters. The first-order chi connectivity index (χ1) is 15.2. The van der Waals surface area contributed by atoms with Crippen molar-refractivity contribution < 1.29 is 14.3 Å². The number of hydrogen-bond donors (Lipinski definition) is 0. The molecule has 1 aromatic carbocycles. The van der Waals surface area contributed by atoms with E-state index in [1.807, 2.05) is 24.3 Å². The fourth-order valence-electron chi connectivity index (χ4n) is 3.32. The third-order valence-electron chi connectivity index (χ3n) is 5.02. The Kier molecular flexibility index (Phi) is 9.03. The van der Waals surface area contributed by atoms with Crippen LogP contribution in [0.4, 0.5) is 0 Å². The maximum absolute atomic E-state index is 12.2. The Balaban J connectivity index is 1.58. The standard InChI is InChI=1S/C25H30N2O3S/c1-3-4-5-6-7-8-16-30-21-13-11-19(12-14-21)17-22-27-23(20-10-9-15-26-18-20)24(31-22)25(28)29-2/h9-15,18H,3-8,16-17H2,1-2H3. The number of esters is 1. The van der Waals surface area contributed by atoms with E-state index in [9.17, 15) is 4.79 Å². The molecule has 6 heteroatoms. The van der Waals surface area contributed by atoms with Gasteiger partial charge in [0.25, 0.3) is 0 Å². The van der Waals surface area contributed by atoms with Crippen LogP contribution in [0.5, 0.6) is 5.75 Å². The van der Waals surface area contributed by atoms with Crippen molar-refractivity contribution in [2.45, 2.75) is 51.9 Å². The number of carbonyl (C=O) groups is 1. The number of aromatic nitrogens is 2. The highest BCUT2D eigenvalue weighted by molar-refractivity contribution is 7.14. The summed E-state index contributed by atoms with van der Waals surface area (Å²) in [5.74, 6) is 0.517. The monoisotopic (exact) mass is 438 g/mol. The van der Waals surface area contributed by atoms with Crippen molar-refractivity contribution >= 4 is 17.3 Å². The van der Waals surface area contributed by atoms with E-state index >= 15 is 0 Å². The summed E-state index contributed by atoms with van der Waals surface area (Å²) < 4.78 is 10.8. The molecular weight excluding hydrogens is 408 g/mol. The van der Waals surface area contributed by atoms with Crippen molar-refractivity contribution in [2.24, 2.45) is 0 Å². The van der Waals surface area contributed by atoms with Crippen molar-refractivity contribution in [3.05, 3.63) is 64.2 Å². The van der Waals surface area contributed by atoms with Crippen LogP contribution in [0, 0.1) is 0 Å². The second-order valence-electron chi connectivity index (χ2n) is 7.46. The molecule has 5 nitrogen and oxygen atoms in total. The zero-order chi connectivity index (χ0) is 21.9. The Bertz CT molecular complexity index is 939. The van der Waals surface area contributed by atoms with Gasteiger partial charge in [0.1, 0.15) is 10.6 Å². The highest BCUT2D eigenvalue weighted by Gasteiger charge is 2.20. The molecule has 2 aromatic heterocycles. The highest BCUT2D eigenvalue weighted by Crippen LogP contribution is 2.30. The van der Waals surface area contributed by atoms with Crippen LogP contribution in [0.25, 0.3) is 11.3 Å². The van der Waals surface area contributed by atoms with Gasteiger partial charge in [-0.05, 0) is 36.2 Å². The molecule has 0 saturated heterocycles. The Morgan fingerprint density at radius 1 is 1.03 bits per heavy atom. The first kappa shape index (κ1) is 22.9. The fourth-order valence-corrected chi connectivity index (χ4v) is 4.36. The molecule has 0 fully saturated rings. The smallest absolute Gasteiger partial charge is 0.350 e. The molecule has 2 heterocycles. The van der Waals surface area contributed by atoms with Crippen LogP contribution >= 0.6 is 11.3 Å². The number of pyridine rings is 1. The minimum absolute atomic E-state index is 0.374. The van der Waals surface area contributed by atoms with Crippen molar-refractivity contribution in [3.63, 3.8) is 0 Å². The second kappa shape index (κ2) is 12.2. The van der Waals surface area contributed by atoms with E-state index in [0.29, 0.717) is 17.0 Å². The maximum Gasteiger partial charge on any atom is 0.350 e. The number of benzene rings is 1. The maximum atomic E-state index is 12.2. The summed E-state index contributed by atoms with van der Waals surface area (Å²) in [6.07, 6.45) is 11.6. The van der Waals surface area contributed by atoms with Gasteiger partial charge in [-0.15, -0.1) is 11.3 Å². The Labute approximate surface area is 188 Å². The molecule has 31 heavy (non-hydrogen) atoms. The van der Waals surface area contributed by atoms with Crippen LogP contribution in [0.1, 0.15) is 65.7 Å². The van der Waals surface area contributed by atoms with Gasteiger partial charge in [0.15, 0.2) is 0 Å². The highest BCUT2D eigenvalue weighted by atomic mass is 32.1. The number of thiazole rings is 1. The molecular formula is C25H30N2O3S. The van der Waals surface area contributed by atoms with Crippen LogP contribution in [-0.2, 0) is 11.2 Å². The number of ether oxygens (including phenoxy) is 2. The second-order valence-corrected chi connectivity index (χ2v) is 8.54. The lowest BCUT2D eigenvalue weighted by Gasteiger charge is -2.07. The van der Waals surface area contributed by atoms with Crippen molar-refractivity contribution in [1.29, 1.82) is 0 Å². The summed E-state index contributed by atoms with van der Waals surface area (Å²) in [6.45, 7) is 2.99. The Morgan fingerprint density at radius 3 is 2.52 bits per heavy atom. The van der Waals surface area contributed by atoms with Gasteiger partial charge in [-0.2, -0.15) is 0 Å². The molecule has 3 aromatic rings. The average Bonchev–Trinajstić information content (AvgIpc) is 3.23. The van der Waals surface area contributed by atoms with Gasteiger partial charge < -0.3 is 9.47 Å². The van der Waals surface area contributed by atoms with Gasteiger partial charge in [-0.3, -0.25) is 4.98 Å². The van der Waals surface area contributed by atoms with E-state index in [-0.39, 0.29) is 5.97 Å². The van der Waals surface area contributed by atoms with Crippen molar-refractivity contribution in [1.82, 2.24) is 9.97 Å². The van der Waals surface area contributed by atoms with Gasteiger partial charge in [-0.25, -0.2) is 9.78 Å². The third kappa shape index (κ3) is 6.89. The van der Waals surface area contributed by atoms with E-state index in [1.165, 1.54) is 50.6 Å². The van der Waals surface area contributed by atoms with E-state index in [4.69, 9.17) is 14.5 Å². The average molecular weight is 439 g/mol. The molecule has 0 aliphatic heterocycles. The molecule has 0 radical (unpaired) electrons. The van der Waals surface area contributed by atoms with Crippen LogP contribution in [0.2, 0.25) is 0 Å². The van der Waals surface area contributed by atoms with Gasteiger partial charge in [0.05, 0.1) is 24.4 Å². The minimum Gasteiger partial charge on any atom is -0.494 e. The SMILES string of the molecule is CCCCCCCCOc1ccc(Cc2nc(-c3cccnc3)c(C(=O)OC)s2)cc1. The largest absolute Gasteiger partial charge is 0.494 e. The minimum atomic E-state index is -0.374. The van der Waals surface area contributed by atoms with Crippen molar-refractivity contribution in [2.75, 3.05) is 13.7 Å². The number of hydrogen-bond acceptors (Lipinski definition) is 6. The molecule has 0 aliphatic carbocycles. The lowest BCUT2D eigenvalue weighted by atomic mass is 10.1. The van der Waals surface area contributed by atoms with Gasteiger partial charge >= 0.3 is 5.97 Å². The summed E-state index contributed by atoms with van der Waals surface area (Å²) in [5.41, 5.74) is 2.55. The predicted octanol–water partition coefficient (Wildman–Crippen LogP) is 6.32. The van der Waals surface area contributed by atoms with E-state index in [2.05, 4.69) is 24.0 Å². The lowest BCUT2D eigenvalue weighted by Crippen LogP contribution is -2.00. The van der Waals surface area contributed by atoms with Crippen LogP contribution < -0.4 is 4.74 Å². The quantitative estimate of drug-likeness (QED) is 0.244. The van der Waals surface area contributed by atoms with E-state index < -0.39 is 0 Å². The van der Waals surface area contributed by atoms with Gasteiger partial charge in [-0.1, -0.05) is 51.2 Å². The number of methoxy groups -OCH3 is 1. The summed E-state index contributed by atoms with van der Waals surface area (Å²) in [4.78, 5) is 21.6. The van der Waals surface area contributed by atoms with Crippen LogP contribution in [0.15, 0.2) is 48.8 Å². The van der Waals surface area contributed by atoms with Crippen molar-refractivity contribution in [3.8, 4) is 17.0 Å². The molecule has 0 bridgehead atoms. The summed E-state index contributed by atoms with van der Waals surface area (Å²) in [6, 6.07) is 11.8. The predicted molar refractivity (Wildman–Crippen MR) is 125 cm³/mol. The fraction of sp³-hybridized carbons (Fsp3) is 0.400. The first-order valence-electron chi connectivity index (χ1n) is 10.9. The molecule has 3 rings (SSSR count). The summed E-state index contributed by atoms with van der Waals surface area (Å²) in [5, 5.41) is 0.861. The number of rotatable bonds is 12. The number of carbonyl (C=O) groups excluding carboxylic acids is 1. The normalized spacial score (nSPS) is 10.8. The van der Waals surface area contributed by atoms with E-state index in [1.54, 1.807) is 12.4 Å². The molecule has 0 aliphatic rings. The molecule has 164 valence electrons. The number of unbranched alkanes of at least 4 members (excludes halogenated alkanes) is 5. The molecule has 0 amide bonds. The van der Waals surface area contributed by atoms with Crippen LogP contribution in [-0.4, -0.2) is 29.7 Å². The van der Waals surface area contributed by atoms with Crippen LogP contribution in [0.3, 0.4) is 0 Å². The summed E-state index contributed by atoms with van der Waals surface area (Å²) in [7, 11) is 1.39. The first-order valence-corrected chi connectivity index (χ1v) is 11.7. The molecule has 0 N–H and O–H groups in total. The Morgan fingerprint density at radius 2 is 1.81 bits per heavy atom. The molecule has 0 atom stereocenters. The zero-order valence-electron chi connectivity index (χ0n) is 18.3. The zero-order valence-corrected chi connectivity index (χ0v) is 19.1. The van der Waals surface area contributed by atoms with Gasteiger partial charge in [0.2, 0.25) is 0 Å². The third-order valence-corrected chi connectivity index (χ3v) is 6.06. The lowest BCUT2D eigenvalue weighted by molar-refractivity contribution is 0.0607. The van der Waals surface area contributed by atoms with E-state index in [0.717, 1.165) is 34.9 Å². The topological polar surface area (TPSA) is 61.3 Å². The molecule has 0 spiro atoms. The molecule has 0 saturated carbocycles.